The first-order valence-electron chi connectivity index (χ1n) is 11.0. The van der Waals surface area contributed by atoms with E-state index in [2.05, 4.69) is 27.2 Å². The van der Waals surface area contributed by atoms with Gasteiger partial charge in [-0.25, -0.2) is 9.78 Å². The van der Waals surface area contributed by atoms with E-state index >= 15 is 0 Å². The van der Waals surface area contributed by atoms with Crippen LogP contribution in [0.2, 0.25) is 0 Å². The van der Waals surface area contributed by atoms with Crippen molar-refractivity contribution in [3.8, 4) is 0 Å². The van der Waals surface area contributed by atoms with Crippen LogP contribution >= 0.6 is 11.8 Å². The standard InChI is InChI=1S/C23H29N5O3S/c1-15-16(2)27(18-12-8-5-9-13-18)22(24-15)32-14-19(29)26-28-20(30)23(3,25-21(28)31)17-10-6-4-7-11-17/h4,6-7,10-11,18H,5,8-9,12-14H2,1-3H3,(H,25,31)(H,26,29). The third-order valence-electron chi connectivity index (χ3n) is 6.41. The van der Waals surface area contributed by atoms with Crippen LogP contribution < -0.4 is 10.7 Å². The fourth-order valence-corrected chi connectivity index (χ4v) is 5.41. The van der Waals surface area contributed by atoms with E-state index in [1.807, 2.05) is 13.0 Å². The van der Waals surface area contributed by atoms with Crippen LogP contribution in [-0.2, 0) is 15.1 Å². The lowest BCUT2D eigenvalue weighted by Crippen LogP contribution is -2.48. The van der Waals surface area contributed by atoms with Crippen LogP contribution in [0, 0.1) is 13.8 Å². The molecular formula is C23H29N5O3S. The van der Waals surface area contributed by atoms with Crippen molar-refractivity contribution in [2.24, 2.45) is 0 Å². The first-order valence-corrected chi connectivity index (χ1v) is 12.0. The molecule has 4 rings (SSSR count). The number of carbonyl (C=O) groups is 3. The minimum Gasteiger partial charge on any atom is -0.320 e. The molecule has 9 heteroatoms. The predicted molar refractivity (Wildman–Crippen MR) is 122 cm³/mol. The molecule has 1 unspecified atom stereocenters. The van der Waals surface area contributed by atoms with Gasteiger partial charge in [-0.05, 0) is 39.2 Å². The summed E-state index contributed by atoms with van der Waals surface area (Å²) in [5.74, 6) is -0.881. The minimum atomic E-state index is -1.22. The molecule has 2 fully saturated rings. The van der Waals surface area contributed by atoms with Crippen molar-refractivity contribution in [3.05, 3.63) is 47.3 Å². The van der Waals surface area contributed by atoms with E-state index in [1.165, 1.54) is 31.0 Å². The van der Waals surface area contributed by atoms with E-state index < -0.39 is 23.4 Å². The molecule has 1 saturated carbocycles. The van der Waals surface area contributed by atoms with Gasteiger partial charge in [0.25, 0.3) is 5.91 Å². The van der Waals surface area contributed by atoms with Crippen LogP contribution in [0.15, 0.2) is 35.5 Å². The van der Waals surface area contributed by atoms with Crippen LogP contribution in [0.3, 0.4) is 0 Å². The van der Waals surface area contributed by atoms with E-state index in [0.29, 0.717) is 11.6 Å². The fraction of sp³-hybridized carbons (Fsp3) is 0.478. The van der Waals surface area contributed by atoms with Crippen molar-refractivity contribution in [1.82, 2.24) is 25.3 Å². The van der Waals surface area contributed by atoms with Crippen LogP contribution in [0.4, 0.5) is 4.79 Å². The average Bonchev–Trinajstić information content (AvgIpc) is 3.21. The summed E-state index contributed by atoms with van der Waals surface area (Å²) in [5, 5.41) is 4.28. The number of hydrogen-bond donors (Lipinski definition) is 2. The van der Waals surface area contributed by atoms with E-state index in [9.17, 15) is 14.4 Å². The second-order valence-corrected chi connectivity index (χ2v) is 9.55. The summed E-state index contributed by atoms with van der Waals surface area (Å²) in [6.45, 7) is 5.69. The van der Waals surface area contributed by atoms with Gasteiger partial charge in [-0.3, -0.25) is 15.0 Å². The molecule has 1 aliphatic carbocycles. The van der Waals surface area contributed by atoms with E-state index in [4.69, 9.17) is 0 Å². The molecule has 1 atom stereocenters. The Bertz CT molecular complexity index is 1030. The smallest absolute Gasteiger partial charge is 0.320 e. The minimum absolute atomic E-state index is 0.0573. The number of urea groups is 1. The number of nitrogens with one attached hydrogen (secondary N) is 2. The Balaban J connectivity index is 1.42. The van der Waals surface area contributed by atoms with Gasteiger partial charge in [-0.15, -0.1) is 0 Å². The monoisotopic (exact) mass is 455 g/mol. The van der Waals surface area contributed by atoms with Crippen molar-refractivity contribution in [2.45, 2.75) is 69.6 Å². The van der Waals surface area contributed by atoms with Gasteiger partial charge in [0, 0.05) is 11.7 Å². The molecule has 1 aromatic heterocycles. The van der Waals surface area contributed by atoms with Crippen molar-refractivity contribution in [2.75, 3.05) is 5.75 Å². The molecule has 1 saturated heterocycles. The maximum absolute atomic E-state index is 13.0. The summed E-state index contributed by atoms with van der Waals surface area (Å²) < 4.78 is 2.26. The molecule has 2 N–H and O–H groups in total. The number of benzene rings is 1. The zero-order valence-electron chi connectivity index (χ0n) is 18.7. The van der Waals surface area contributed by atoms with Gasteiger partial charge >= 0.3 is 6.03 Å². The number of hydrogen-bond acceptors (Lipinski definition) is 5. The Labute approximate surface area is 192 Å². The highest BCUT2D eigenvalue weighted by molar-refractivity contribution is 7.99. The molecule has 1 aliphatic heterocycles. The van der Waals surface area contributed by atoms with Gasteiger partial charge in [0.15, 0.2) is 5.16 Å². The molecule has 2 heterocycles. The number of carbonyl (C=O) groups excluding carboxylic acids is 3. The Morgan fingerprint density at radius 1 is 1.19 bits per heavy atom. The van der Waals surface area contributed by atoms with E-state index in [1.54, 1.807) is 31.2 Å². The molecule has 170 valence electrons. The maximum Gasteiger partial charge on any atom is 0.344 e. The highest BCUT2D eigenvalue weighted by atomic mass is 32.2. The molecule has 0 bridgehead atoms. The van der Waals surface area contributed by atoms with Crippen molar-refractivity contribution >= 4 is 29.6 Å². The lowest BCUT2D eigenvalue weighted by atomic mass is 9.92. The SMILES string of the molecule is Cc1nc(SCC(=O)NN2C(=O)NC(C)(c3ccccc3)C2=O)n(C2CCCCC2)c1C. The first kappa shape index (κ1) is 22.4. The number of thioether (sulfide) groups is 1. The third-order valence-corrected chi connectivity index (χ3v) is 7.36. The summed E-state index contributed by atoms with van der Waals surface area (Å²) >= 11 is 1.34. The second-order valence-electron chi connectivity index (χ2n) is 8.61. The Kier molecular flexibility index (Phi) is 6.28. The molecule has 2 aromatic rings. The Morgan fingerprint density at radius 3 is 2.56 bits per heavy atom. The number of aryl methyl sites for hydroxylation is 1. The normalized spacial score (nSPS) is 21.7. The zero-order valence-corrected chi connectivity index (χ0v) is 19.5. The topological polar surface area (TPSA) is 96.3 Å². The zero-order chi connectivity index (χ0) is 22.9. The molecule has 8 nitrogen and oxygen atoms in total. The van der Waals surface area contributed by atoms with Crippen molar-refractivity contribution in [3.63, 3.8) is 0 Å². The van der Waals surface area contributed by atoms with Crippen LogP contribution in [0.1, 0.15) is 62.0 Å². The number of amides is 4. The Hall–Kier alpha value is -2.81. The highest BCUT2D eigenvalue weighted by Crippen LogP contribution is 2.34. The number of hydrazine groups is 1. The number of aromatic nitrogens is 2. The van der Waals surface area contributed by atoms with Crippen LogP contribution in [0.25, 0.3) is 0 Å². The van der Waals surface area contributed by atoms with Crippen LogP contribution in [0.5, 0.6) is 0 Å². The largest absolute Gasteiger partial charge is 0.344 e. The van der Waals surface area contributed by atoms with Gasteiger partial charge in [0.2, 0.25) is 5.91 Å². The summed E-state index contributed by atoms with van der Waals surface area (Å²) in [4.78, 5) is 42.7. The lowest BCUT2D eigenvalue weighted by Gasteiger charge is -2.26. The highest BCUT2D eigenvalue weighted by Gasteiger charge is 2.49. The van der Waals surface area contributed by atoms with Gasteiger partial charge in [0.1, 0.15) is 5.54 Å². The third kappa shape index (κ3) is 4.13. The van der Waals surface area contributed by atoms with Crippen molar-refractivity contribution in [1.29, 1.82) is 0 Å². The fourth-order valence-electron chi connectivity index (χ4n) is 4.46. The van der Waals surface area contributed by atoms with E-state index in [-0.39, 0.29) is 5.75 Å². The first-order chi connectivity index (χ1) is 15.3. The summed E-state index contributed by atoms with van der Waals surface area (Å²) in [6, 6.07) is 8.76. The molecule has 0 radical (unpaired) electrons. The average molecular weight is 456 g/mol. The second kappa shape index (κ2) is 8.97. The number of imidazole rings is 1. The summed E-state index contributed by atoms with van der Waals surface area (Å²) in [7, 11) is 0. The number of rotatable bonds is 6. The predicted octanol–water partition coefficient (Wildman–Crippen LogP) is 3.60. The molecular weight excluding hydrogens is 426 g/mol. The summed E-state index contributed by atoms with van der Waals surface area (Å²) in [5.41, 5.74) is 4.00. The molecule has 32 heavy (non-hydrogen) atoms. The van der Waals surface area contributed by atoms with Gasteiger partial charge < -0.3 is 9.88 Å². The van der Waals surface area contributed by atoms with E-state index in [0.717, 1.165) is 34.4 Å². The molecule has 1 aromatic carbocycles. The quantitative estimate of drug-likeness (QED) is 0.513. The lowest BCUT2D eigenvalue weighted by molar-refractivity contribution is -0.138. The van der Waals surface area contributed by atoms with Crippen LogP contribution in [-0.4, -0.2) is 38.2 Å². The molecule has 4 amide bonds. The molecule has 0 spiro atoms. The Morgan fingerprint density at radius 2 is 1.88 bits per heavy atom. The van der Waals surface area contributed by atoms with Crippen molar-refractivity contribution < 1.29 is 14.4 Å². The van der Waals surface area contributed by atoms with Gasteiger partial charge in [0.05, 0.1) is 11.4 Å². The number of imide groups is 1. The van der Waals surface area contributed by atoms with Gasteiger partial charge in [-0.2, -0.15) is 5.01 Å². The maximum atomic E-state index is 13.0. The number of nitrogens with zero attached hydrogens (tertiary/aromatic N) is 3. The summed E-state index contributed by atoms with van der Waals surface area (Å²) in [6.07, 6.45) is 5.92. The van der Waals surface area contributed by atoms with Gasteiger partial charge in [-0.1, -0.05) is 61.4 Å². The molecule has 2 aliphatic rings.